The highest BCUT2D eigenvalue weighted by Gasteiger charge is 2.10. The summed E-state index contributed by atoms with van der Waals surface area (Å²) in [6, 6.07) is 7.79. The van der Waals surface area contributed by atoms with Gasteiger partial charge in [0.1, 0.15) is 5.76 Å². The van der Waals surface area contributed by atoms with Gasteiger partial charge in [0.2, 0.25) is 0 Å². The first-order chi connectivity index (χ1) is 10.7. The van der Waals surface area contributed by atoms with E-state index in [1.165, 1.54) is 11.8 Å². The molecule has 0 aliphatic rings. The van der Waals surface area contributed by atoms with Gasteiger partial charge in [-0.15, -0.1) is 0 Å². The second-order valence-corrected chi connectivity index (χ2v) is 5.03. The molecule has 2 aromatic heterocycles. The fourth-order valence-electron chi connectivity index (χ4n) is 2.48. The zero-order chi connectivity index (χ0) is 15.5. The van der Waals surface area contributed by atoms with Crippen molar-refractivity contribution in [1.29, 1.82) is 0 Å². The third-order valence-electron chi connectivity index (χ3n) is 3.69. The van der Waals surface area contributed by atoms with Gasteiger partial charge in [0, 0.05) is 22.7 Å². The van der Waals surface area contributed by atoms with E-state index in [0.717, 1.165) is 22.9 Å². The van der Waals surface area contributed by atoms with Crippen molar-refractivity contribution in [3.8, 4) is 0 Å². The van der Waals surface area contributed by atoms with Gasteiger partial charge >= 0.3 is 0 Å². The smallest absolute Gasteiger partial charge is 0.274 e. The molecule has 3 rings (SSSR count). The van der Waals surface area contributed by atoms with Gasteiger partial charge in [-0.3, -0.25) is 4.79 Å². The van der Waals surface area contributed by atoms with Crippen LogP contribution in [0.2, 0.25) is 0 Å². The molecule has 1 amide bonds. The molecular formula is C17H17N3O2. The van der Waals surface area contributed by atoms with Crippen LogP contribution in [-0.2, 0) is 6.42 Å². The number of aromatic nitrogens is 1. The van der Waals surface area contributed by atoms with Crippen LogP contribution < -0.4 is 5.43 Å². The Morgan fingerprint density at radius 2 is 2.27 bits per heavy atom. The van der Waals surface area contributed by atoms with Crippen LogP contribution in [0.25, 0.3) is 10.9 Å². The molecule has 0 spiro atoms. The predicted octanol–water partition coefficient (Wildman–Crippen LogP) is 3.40. The highest BCUT2D eigenvalue weighted by Crippen LogP contribution is 2.20. The molecule has 5 nitrogen and oxygen atoms in total. The van der Waals surface area contributed by atoms with Crippen LogP contribution in [0.1, 0.15) is 34.2 Å². The van der Waals surface area contributed by atoms with Crippen molar-refractivity contribution in [3.05, 3.63) is 59.2 Å². The molecule has 2 heterocycles. The van der Waals surface area contributed by atoms with E-state index in [1.54, 1.807) is 19.2 Å². The standard InChI is InChI=1S/C17H17N3O2/c1-3-12-5-4-6-15-13(9-18-16(12)15)10-19-20-17(21)14-7-8-22-11(14)2/h4-10,18H,3H2,1-2H3,(H,20,21)/b19-10+. The Bertz CT molecular complexity index is 843. The number of nitrogens with zero attached hydrogens (tertiary/aromatic N) is 1. The van der Waals surface area contributed by atoms with Crippen molar-refractivity contribution in [2.24, 2.45) is 5.10 Å². The zero-order valence-corrected chi connectivity index (χ0v) is 12.5. The molecule has 0 unspecified atom stereocenters. The maximum Gasteiger partial charge on any atom is 0.274 e. The number of furan rings is 1. The van der Waals surface area contributed by atoms with E-state index in [1.807, 2.05) is 18.3 Å². The van der Waals surface area contributed by atoms with E-state index in [-0.39, 0.29) is 5.91 Å². The molecule has 1 aromatic carbocycles. The predicted molar refractivity (Wildman–Crippen MR) is 86.2 cm³/mol. The van der Waals surface area contributed by atoms with Crippen LogP contribution in [0.15, 0.2) is 46.2 Å². The molecule has 0 aliphatic heterocycles. The summed E-state index contributed by atoms with van der Waals surface area (Å²) < 4.78 is 5.10. The summed E-state index contributed by atoms with van der Waals surface area (Å²) in [4.78, 5) is 15.2. The van der Waals surface area contributed by atoms with Crippen molar-refractivity contribution in [2.45, 2.75) is 20.3 Å². The Kier molecular flexibility index (Phi) is 3.78. The highest BCUT2D eigenvalue weighted by molar-refractivity contribution is 6.01. The number of carbonyl (C=O) groups excluding carboxylic acids is 1. The number of nitrogens with one attached hydrogen (secondary N) is 2. The minimum Gasteiger partial charge on any atom is -0.469 e. The maximum absolute atomic E-state index is 11.9. The van der Waals surface area contributed by atoms with E-state index >= 15 is 0 Å². The number of fused-ring (bicyclic) bond motifs is 1. The first-order valence-electron chi connectivity index (χ1n) is 7.17. The third-order valence-corrected chi connectivity index (χ3v) is 3.69. The first kappa shape index (κ1) is 14.1. The maximum atomic E-state index is 11.9. The number of rotatable bonds is 4. The Hall–Kier alpha value is -2.82. The second-order valence-electron chi connectivity index (χ2n) is 5.03. The Balaban J connectivity index is 1.79. The monoisotopic (exact) mass is 295 g/mol. The number of carbonyl (C=O) groups is 1. The van der Waals surface area contributed by atoms with Crippen molar-refractivity contribution in [1.82, 2.24) is 10.4 Å². The van der Waals surface area contributed by atoms with Crippen LogP contribution >= 0.6 is 0 Å². The van der Waals surface area contributed by atoms with E-state index in [0.29, 0.717) is 11.3 Å². The second kappa shape index (κ2) is 5.89. The van der Waals surface area contributed by atoms with Crippen LogP contribution in [0.3, 0.4) is 0 Å². The van der Waals surface area contributed by atoms with E-state index < -0.39 is 0 Å². The largest absolute Gasteiger partial charge is 0.469 e. The molecule has 0 saturated carbocycles. The SMILES string of the molecule is CCc1cccc2c(/C=N/NC(=O)c3ccoc3C)c[nH]c12. The van der Waals surface area contributed by atoms with Crippen LogP contribution in [0.5, 0.6) is 0 Å². The molecule has 2 N–H and O–H groups in total. The molecule has 0 atom stereocenters. The lowest BCUT2D eigenvalue weighted by Gasteiger charge is -1.99. The van der Waals surface area contributed by atoms with Crippen molar-refractivity contribution in [3.63, 3.8) is 0 Å². The lowest BCUT2D eigenvalue weighted by Crippen LogP contribution is -2.17. The normalized spacial score (nSPS) is 11.4. The minimum atomic E-state index is -0.281. The fourth-order valence-corrected chi connectivity index (χ4v) is 2.48. The number of aryl methyl sites for hydroxylation is 2. The van der Waals surface area contributed by atoms with Gasteiger partial charge in [0.25, 0.3) is 5.91 Å². The quantitative estimate of drug-likeness (QED) is 0.572. The third kappa shape index (κ3) is 2.53. The van der Waals surface area contributed by atoms with Gasteiger partial charge in [0.15, 0.2) is 0 Å². The average Bonchev–Trinajstić information content (AvgIpc) is 3.13. The number of hydrogen-bond donors (Lipinski definition) is 2. The molecule has 22 heavy (non-hydrogen) atoms. The van der Waals surface area contributed by atoms with Crippen molar-refractivity contribution in [2.75, 3.05) is 0 Å². The lowest BCUT2D eigenvalue weighted by atomic mass is 10.1. The van der Waals surface area contributed by atoms with E-state index in [2.05, 4.69) is 28.5 Å². The van der Waals surface area contributed by atoms with Crippen molar-refractivity contribution < 1.29 is 9.21 Å². The lowest BCUT2D eigenvalue weighted by molar-refractivity contribution is 0.0953. The van der Waals surface area contributed by atoms with Crippen molar-refractivity contribution >= 4 is 23.0 Å². The number of aromatic amines is 1. The fraction of sp³-hybridized carbons (Fsp3) is 0.176. The summed E-state index contributed by atoms with van der Waals surface area (Å²) >= 11 is 0. The zero-order valence-electron chi connectivity index (χ0n) is 12.5. The molecule has 0 saturated heterocycles. The average molecular weight is 295 g/mol. The molecule has 0 radical (unpaired) electrons. The van der Waals surface area contributed by atoms with Gasteiger partial charge < -0.3 is 9.40 Å². The van der Waals surface area contributed by atoms with Gasteiger partial charge in [-0.1, -0.05) is 25.1 Å². The molecule has 0 bridgehead atoms. The van der Waals surface area contributed by atoms with Gasteiger partial charge in [-0.2, -0.15) is 5.10 Å². The van der Waals surface area contributed by atoms with Gasteiger partial charge in [-0.05, 0) is 25.0 Å². The van der Waals surface area contributed by atoms with Gasteiger partial charge in [0.05, 0.1) is 18.0 Å². The van der Waals surface area contributed by atoms with Crippen LogP contribution in [0.4, 0.5) is 0 Å². The number of hydrogen-bond acceptors (Lipinski definition) is 3. The Labute approximate surface area is 128 Å². The minimum absolute atomic E-state index is 0.281. The molecule has 112 valence electrons. The van der Waals surface area contributed by atoms with E-state index in [9.17, 15) is 4.79 Å². The first-order valence-corrected chi connectivity index (χ1v) is 7.17. The Morgan fingerprint density at radius 3 is 3.00 bits per heavy atom. The summed E-state index contributed by atoms with van der Waals surface area (Å²) in [6.07, 6.45) is 5.99. The summed E-state index contributed by atoms with van der Waals surface area (Å²) in [5.74, 6) is 0.295. The van der Waals surface area contributed by atoms with Crippen LogP contribution in [-0.4, -0.2) is 17.1 Å². The summed E-state index contributed by atoms with van der Waals surface area (Å²) in [6.45, 7) is 3.86. The molecule has 0 fully saturated rings. The molecular weight excluding hydrogens is 278 g/mol. The topological polar surface area (TPSA) is 70.4 Å². The molecule has 3 aromatic rings. The Morgan fingerprint density at radius 1 is 1.41 bits per heavy atom. The number of amides is 1. The molecule has 5 heteroatoms. The number of benzene rings is 1. The number of para-hydroxylation sites is 1. The summed E-state index contributed by atoms with van der Waals surface area (Å²) in [5, 5.41) is 5.12. The number of H-pyrrole nitrogens is 1. The van der Waals surface area contributed by atoms with E-state index in [4.69, 9.17) is 4.42 Å². The van der Waals surface area contributed by atoms with Gasteiger partial charge in [-0.25, -0.2) is 5.43 Å². The van der Waals surface area contributed by atoms with Crippen LogP contribution in [0, 0.1) is 6.92 Å². The highest BCUT2D eigenvalue weighted by atomic mass is 16.3. The summed E-state index contributed by atoms with van der Waals surface area (Å²) in [7, 11) is 0. The number of hydrazone groups is 1. The molecule has 0 aliphatic carbocycles. The summed E-state index contributed by atoms with van der Waals surface area (Å²) in [5.41, 5.74) is 6.32.